The van der Waals surface area contributed by atoms with Gasteiger partial charge >= 0.3 is 0 Å². The number of aliphatic hydroxyl groups excluding tert-OH is 1. The molecular formula is C13H15NOS. The Labute approximate surface area is 99.0 Å². The average Bonchev–Trinajstić information content (AvgIpc) is 3.06. The Hall–Kier alpha value is -0.930. The molecule has 1 saturated carbocycles. The second-order valence-corrected chi connectivity index (χ2v) is 5.52. The van der Waals surface area contributed by atoms with Gasteiger partial charge in [0.25, 0.3) is 0 Å². The van der Waals surface area contributed by atoms with Gasteiger partial charge in [-0.25, -0.2) is 4.98 Å². The monoisotopic (exact) mass is 233 g/mol. The van der Waals surface area contributed by atoms with Gasteiger partial charge in [-0.1, -0.05) is 6.07 Å². The van der Waals surface area contributed by atoms with Crippen molar-refractivity contribution in [1.82, 2.24) is 4.98 Å². The predicted molar refractivity (Wildman–Crippen MR) is 67.0 cm³/mol. The number of benzene rings is 1. The standard InChI is InChI=1S/C13H15NOS/c15-7-1-2-9-3-6-11-12(8-9)16-13(14-11)10-4-5-10/h3,6,8,10,15H,1-2,4-5,7H2. The molecule has 2 nitrogen and oxygen atoms in total. The quantitative estimate of drug-likeness (QED) is 0.880. The number of nitrogens with zero attached hydrogens (tertiary/aromatic N) is 1. The van der Waals surface area contributed by atoms with Crippen LogP contribution in [0.15, 0.2) is 18.2 Å². The Balaban J connectivity index is 1.90. The molecule has 1 heterocycles. The minimum absolute atomic E-state index is 0.272. The first-order chi connectivity index (χ1) is 7.86. The van der Waals surface area contributed by atoms with Gasteiger partial charge < -0.3 is 5.11 Å². The van der Waals surface area contributed by atoms with Crippen LogP contribution in [0.25, 0.3) is 10.2 Å². The molecule has 0 aliphatic heterocycles. The third-order valence-corrected chi connectivity index (χ3v) is 4.20. The molecule has 1 aromatic heterocycles. The second-order valence-electron chi connectivity index (χ2n) is 4.46. The fraction of sp³-hybridized carbons (Fsp3) is 0.462. The summed E-state index contributed by atoms with van der Waals surface area (Å²) >= 11 is 1.84. The Kier molecular flexibility index (Phi) is 2.65. The lowest BCUT2D eigenvalue weighted by Gasteiger charge is -1.98. The molecule has 0 bridgehead atoms. The summed E-state index contributed by atoms with van der Waals surface area (Å²) < 4.78 is 1.30. The molecule has 1 aliphatic rings. The van der Waals surface area contributed by atoms with Crippen LogP contribution in [0.2, 0.25) is 0 Å². The highest BCUT2D eigenvalue weighted by molar-refractivity contribution is 7.18. The van der Waals surface area contributed by atoms with E-state index in [0.717, 1.165) is 24.3 Å². The smallest absolute Gasteiger partial charge is 0.0969 e. The number of hydrogen-bond acceptors (Lipinski definition) is 3. The molecule has 0 unspecified atom stereocenters. The van der Waals surface area contributed by atoms with E-state index in [0.29, 0.717) is 0 Å². The van der Waals surface area contributed by atoms with Crippen molar-refractivity contribution < 1.29 is 5.11 Å². The summed E-state index contributed by atoms with van der Waals surface area (Å²) in [6.45, 7) is 0.272. The van der Waals surface area contributed by atoms with E-state index in [2.05, 4.69) is 23.2 Å². The van der Waals surface area contributed by atoms with Crippen LogP contribution in [0.5, 0.6) is 0 Å². The lowest BCUT2D eigenvalue weighted by molar-refractivity contribution is 0.288. The summed E-state index contributed by atoms with van der Waals surface area (Å²) in [6, 6.07) is 6.48. The van der Waals surface area contributed by atoms with E-state index in [4.69, 9.17) is 5.11 Å². The summed E-state index contributed by atoms with van der Waals surface area (Å²) in [4.78, 5) is 4.67. The van der Waals surface area contributed by atoms with Gasteiger partial charge in [0.2, 0.25) is 0 Å². The third-order valence-electron chi connectivity index (χ3n) is 3.02. The van der Waals surface area contributed by atoms with E-state index in [-0.39, 0.29) is 6.61 Å². The van der Waals surface area contributed by atoms with Gasteiger partial charge in [-0.05, 0) is 43.4 Å². The van der Waals surface area contributed by atoms with Crippen LogP contribution in [0.4, 0.5) is 0 Å². The van der Waals surface area contributed by atoms with Gasteiger partial charge in [0.15, 0.2) is 0 Å². The highest BCUT2D eigenvalue weighted by Crippen LogP contribution is 2.43. The molecule has 2 aromatic rings. The molecule has 3 rings (SSSR count). The van der Waals surface area contributed by atoms with Crippen LogP contribution in [0.1, 0.15) is 35.8 Å². The van der Waals surface area contributed by atoms with E-state index in [1.165, 1.54) is 28.1 Å². The maximum absolute atomic E-state index is 8.82. The molecule has 1 aromatic carbocycles. The molecule has 1 fully saturated rings. The van der Waals surface area contributed by atoms with Crippen molar-refractivity contribution in [3.8, 4) is 0 Å². The first kappa shape index (κ1) is 10.2. The Morgan fingerprint density at radius 1 is 1.38 bits per heavy atom. The summed E-state index contributed by atoms with van der Waals surface area (Å²) in [7, 11) is 0. The number of thiazole rings is 1. The molecule has 0 atom stereocenters. The van der Waals surface area contributed by atoms with Gasteiger partial charge in [-0.2, -0.15) is 0 Å². The van der Waals surface area contributed by atoms with Crippen molar-refractivity contribution >= 4 is 21.6 Å². The van der Waals surface area contributed by atoms with E-state index >= 15 is 0 Å². The number of rotatable bonds is 4. The molecule has 84 valence electrons. The number of fused-ring (bicyclic) bond motifs is 1. The zero-order chi connectivity index (χ0) is 11.0. The van der Waals surface area contributed by atoms with Crippen molar-refractivity contribution in [2.24, 2.45) is 0 Å². The molecule has 3 heteroatoms. The molecule has 0 saturated heterocycles. The van der Waals surface area contributed by atoms with Crippen LogP contribution in [-0.2, 0) is 6.42 Å². The van der Waals surface area contributed by atoms with Gasteiger partial charge in [0.05, 0.1) is 15.2 Å². The molecule has 1 N–H and O–H groups in total. The molecule has 0 amide bonds. The first-order valence-corrected chi connectivity index (χ1v) is 6.68. The van der Waals surface area contributed by atoms with Crippen LogP contribution < -0.4 is 0 Å². The van der Waals surface area contributed by atoms with E-state index in [1.807, 2.05) is 11.3 Å². The van der Waals surface area contributed by atoms with Crippen molar-refractivity contribution in [2.75, 3.05) is 6.61 Å². The Morgan fingerprint density at radius 3 is 3.00 bits per heavy atom. The van der Waals surface area contributed by atoms with E-state index in [9.17, 15) is 0 Å². The number of aliphatic hydroxyl groups is 1. The van der Waals surface area contributed by atoms with Gasteiger partial charge in [0, 0.05) is 12.5 Å². The number of aryl methyl sites for hydroxylation is 1. The zero-order valence-electron chi connectivity index (χ0n) is 9.15. The molecular weight excluding hydrogens is 218 g/mol. The Bertz CT molecular complexity index is 502. The van der Waals surface area contributed by atoms with Crippen LogP contribution in [-0.4, -0.2) is 16.7 Å². The summed E-state index contributed by atoms with van der Waals surface area (Å²) in [5.41, 5.74) is 2.45. The summed E-state index contributed by atoms with van der Waals surface area (Å²) in [6.07, 6.45) is 4.44. The summed E-state index contributed by atoms with van der Waals surface area (Å²) in [5, 5.41) is 10.1. The van der Waals surface area contributed by atoms with Crippen molar-refractivity contribution in [3.63, 3.8) is 0 Å². The van der Waals surface area contributed by atoms with Crippen LogP contribution in [0.3, 0.4) is 0 Å². The van der Waals surface area contributed by atoms with E-state index < -0.39 is 0 Å². The van der Waals surface area contributed by atoms with Crippen LogP contribution in [0, 0.1) is 0 Å². The normalized spacial score (nSPS) is 15.8. The zero-order valence-corrected chi connectivity index (χ0v) is 9.96. The SMILES string of the molecule is OCCCc1ccc2nc(C3CC3)sc2c1. The maximum atomic E-state index is 8.82. The predicted octanol–water partition coefficient (Wildman–Crippen LogP) is 3.10. The molecule has 0 radical (unpaired) electrons. The average molecular weight is 233 g/mol. The lowest BCUT2D eigenvalue weighted by Crippen LogP contribution is -1.88. The van der Waals surface area contributed by atoms with Crippen LogP contribution >= 0.6 is 11.3 Å². The molecule has 0 spiro atoms. The minimum Gasteiger partial charge on any atom is -0.396 e. The fourth-order valence-corrected chi connectivity index (χ4v) is 3.13. The molecule has 1 aliphatic carbocycles. The highest BCUT2D eigenvalue weighted by atomic mass is 32.1. The topological polar surface area (TPSA) is 33.1 Å². The third kappa shape index (κ3) is 1.97. The Morgan fingerprint density at radius 2 is 2.25 bits per heavy atom. The second kappa shape index (κ2) is 4.15. The van der Waals surface area contributed by atoms with Crippen molar-refractivity contribution in [1.29, 1.82) is 0 Å². The lowest BCUT2D eigenvalue weighted by atomic mass is 10.1. The highest BCUT2D eigenvalue weighted by Gasteiger charge is 2.26. The summed E-state index contributed by atoms with van der Waals surface area (Å²) in [5.74, 6) is 0.748. The maximum Gasteiger partial charge on any atom is 0.0969 e. The number of aromatic nitrogens is 1. The minimum atomic E-state index is 0.272. The number of hydrogen-bond donors (Lipinski definition) is 1. The van der Waals surface area contributed by atoms with Crippen molar-refractivity contribution in [3.05, 3.63) is 28.8 Å². The molecule has 16 heavy (non-hydrogen) atoms. The largest absolute Gasteiger partial charge is 0.396 e. The van der Waals surface area contributed by atoms with Gasteiger partial charge in [-0.3, -0.25) is 0 Å². The van der Waals surface area contributed by atoms with Gasteiger partial charge in [-0.15, -0.1) is 11.3 Å². The fourth-order valence-electron chi connectivity index (χ4n) is 1.93. The first-order valence-electron chi connectivity index (χ1n) is 5.87. The van der Waals surface area contributed by atoms with E-state index in [1.54, 1.807) is 0 Å². The van der Waals surface area contributed by atoms with Gasteiger partial charge in [0.1, 0.15) is 0 Å². The van der Waals surface area contributed by atoms with Crippen molar-refractivity contribution in [2.45, 2.75) is 31.6 Å².